The van der Waals surface area contributed by atoms with Gasteiger partial charge in [-0.05, 0) is 24.3 Å². The van der Waals surface area contributed by atoms with Gasteiger partial charge in [-0.15, -0.1) is 0 Å². The van der Waals surface area contributed by atoms with Gasteiger partial charge in [-0.2, -0.15) is 0 Å². The van der Waals surface area contributed by atoms with Gasteiger partial charge < -0.3 is 19.5 Å². The highest BCUT2D eigenvalue weighted by atomic mass is 32.2. The van der Waals surface area contributed by atoms with Crippen molar-refractivity contribution in [3.8, 4) is 17.2 Å². The van der Waals surface area contributed by atoms with E-state index >= 15 is 0 Å². The SMILES string of the molecule is COc1cc(C(=O)NCCS(=O)(=O)Nc2ccccc2)cc(OC)c1OC. The smallest absolute Gasteiger partial charge is 0.251 e. The van der Waals surface area contributed by atoms with Crippen molar-refractivity contribution < 1.29 is 27.4 Å². The maximum Gasteiger partial charge on any atom is 0.251 e. The quantitative estimate of drug-likeness (QED) is 0.673. The van der Waals surface area contributed by atoms with Gasteiger partial charge in [0.15, 0.2) is 11.5 Å². The molecule has 0 atom stereocenters. The molecule has 8 nitrogen and oxygen atoms in total. The van der Waals surface area contributed by atoms with Gasteiger partial charge in [0.25, 0.3) is 5.91 Å². The molecule has 2 aromatic carbocycles. The van der Waals surface area contributed by atoms with E-state index in [1.807, 2.05) is 0 Å². The second kappa shape index (κ2) is 9.13. The van der Waals surface area contributed by atoms with Crippen LogP contribution in [0.1, 0.15) is 10.4 Å². The van der Waals surface area contributed by atoms with Crippen molar-refractivity contribution in [2.45, 2.75) is 0 Å². The standard InChI is InChI=1S/C18H22N2O6S/c1-24-15-11-13(12-16(25-2)17(15)26-3)18(21)19-9-10-27(22,23)20-14-7-5-4-6-8-14/h4-8,11-12,20H,9-10H2,1-3H3,(H,19,21). The maximum atomic E-state index is 12.3. The van der Waals surface area contributed by atoms with E-state index in [1.165, 1.54) is 33.5 Å². The van der Waals surface area contributed by atoms with Gasteiger partial charge in [0.05, 0.1) is 27.1 Å². The lowest BCUT2D eigenvalue weighted by molar-refractivity contribution is 0.0955. The van der Waals surface area contributed by atoms with Crippen LogP contribution in [-0.4, -0.2) is 48.0 Å². The minimum absolute atomic E-state index is 0.0579. The summed E-state index contributed by atoms with van der Waals surface area (Å²) in [6.07, 6.45) is 0. The molecule has 1 amide bonds. The van der Waals surface area contributed by atoms with Gasteiger partial charge in [0, 0.05) is 17.8 Å². The molecule has 0 aliphatic heterocycles. The normalized spacial score (nSPS) is 10.8. The summed E-state index contributed by atoms with van der Waals surface area (Å²) in [6.45, 7) is -0.0579. The number of nitrogens with one attached hydrogen (secondary N) is 2. The van der Waals surface area contributed by atoms with Crippen molar-refractivity contribution in [2.75, 3.05) is 38.3 Å². The van der Waals surface area contributed by atoms with Crippen molar-refractivity contribution >= 4 is 21.6 Å². The van der Waals surface area contributed by atoms with Gasteiger partial charge in [-0.3, -0.25) is 9.52 Å². The Kier molecular flexibility index (Phi) is 6.89. The van der Waals surface area contributed by atoms with Crippen LogP contribution >= 0.6 is 0 Å². The molecule has 0 unspecified atom stereocenters. The van der Waals surface area contributed by atoms with E-state index in [4.69, 9.17) is 14.2 Å². The van der Waals surface area contributed by atoms with Crippen LogP contribution in [0.2, 0.25) is 0 Å². The van der Waals surface area contributed by atoms with E-state index in [2.05, 4.69) is 10.0 Å². The highest BCUT2D eigenvalue weighted by molar-refractivity contribution is 7.92. The van der Waals surface area contributed by atoms with Crippen molar-refractivity contribution in [3.05, 3.63) is 48.0 Å². The molecule has 0 aliphatic rings. The molecule has 2 aromatic rings. The second-order valence-electron chi connectivity index (χ2n) is 5.46. The van der Waals surface area contributed by atoms with Gasteiger partial charge in [0.1, 0.15) is 0 Å². The zero-order chi connectivity index (χ0) is 19.9. The number of methoxy groups -OCH3 is 3. The number of ether oxygens (including phenoxy) is 3. The Morgan fingerprint density at radius 3 is 2.07 bits per heavy atom. The van der Waals surface area contributed by atoms with Gasteiger partial charge in [-0.25, -0.2) is 8.42 Å². The molecule has 0 radical (unpaired) electrons. The Bertz CT molecular complexity index is 859. The lowest BCUT2D eigenvalue weighted by atomic mass is 10.1. The van der Waals surface area contributed by atoms with Gasteiger partial charge in [0.2, 0.25) is 15.8 Å². The molecule has 2 rings (SSSR count). The summed E-state index contributed by atoms with van der Waals surface area (Å²) in [7, 11) is 0.771. The zero-order valence-electron chi connectivity index (χ0n) is 15.3. The monoisotopic (exact) mass is 394 g/mol. The van der Waals surface area contributed by atoms with Crippen LogP contribution in [0.15, 0.2) is 42.5 Å². The van der Waals surface area contributed by atoms with Crippen LogP contribution in [-0.2, 0) is 10.0 Å². The average molecular weight is 394 g/mol. The molecule has 27 heavy (non-hydrogen) atoms. The maximum absolute atomic E-state index is 12.3. The summed E-state index contributed by atoms with van der Waals surface area (Å²) in [5.74, 6) is 0.314. The third-order valence-electron chi connectivity index (χ3n) is 3.63. The zero-order valence-corrected chi connectivity index (χ0v) is 16.1. The van der Waals surface area contributed by atoms with Gasteiger partial charge >= 0.3 is 0 Å². The topological polar surface area (TPSA) is 103 Å². The number of rotatable bonds is 9. The van der Waals surface area contributed by atoms with Crippen LogP contribution in [0, 0.1) is 0 Å². The molecule has 0 aromatic heterocycles. The number of hydrogen-bond acceptors (Lipinski definition) is 6. The van der Waals surface area contributed by atoms with E-state index in [1.54, 1.807) is 30.3 Å². The molecule has 0 bridgehead atoms. The van der Waals surface area contributed by atoms with Crippen LogP contribution in [0.3, 0.4) is 0 Å². The highest BCUT2D eigenvalue weighted by Crippen LogP contribution is 2.38. The summed E-state index contributed by atoms with van der Waals surface area (Å²) in [5.41, 5.74) is 0.728. The van der Waals surface area contributed by atoms with Crippen molar-refractivity contribution in [2.24, 2.45) is 0 Å². The van der Waals surface area contributed by atoms with E-state index < -0.39 is 15.9 Å². The molecule has 146 valence electrons. The molecular formula is C18H22N2O6S. The predicted octanol–water partition coefficient (Wildman–Crippen LogP) is 1.88. The first-order chi connectivity index (χ1) is 12.9. The summed E-state index contributed by atoms with van der Waals surface area (Å²) in [5, 5.41) is 2.57. The molecule has 0 aliphatic carbocycles. The number of anilines is 1. The summed E-state index contributed by atoms with van der Waals surface area (Å²) >= 11 is 0. The molecule has 0 heterocycles. The van der Waals surface area contributed by atoms with Crippen LogP contribution in [0.4, 0.5) is 5.69 Å². The minimum Gasteiger partial charge on any atom is -0.493 e. The lowest BCUT2D eigenvalue weighted by Gasteiger charge is -2.14. The molecule has 0 spiro atoms. The predicted molar refractivity (Wildman–Crippen MR) is 102 cm³/mol. The molecule has 2 N–H and O–H groups in total. The Balaban J connectivity index is 2.01. The average Bonchev–Trinajstić information content (AvgIpc) is 2.66. The Morgan fingerprint density at radius 1 is 0.963 bits per heavy atom. The molecular weight excluding hydrogens is 372 g/mol. The van der Waals surface area contributed by atoms with Crippen molar-refractivity contribution in [1.29, 1.82) is 0 Å². The number of hydrogen-bond donors (Lipinski definition) is 2. The molecule has 0 saturated heterocycles. The highest BCUT2D eigenvalue weighted by Gasteiger charge is 2.17. The first kappa shape index (κ1) is 20.4. The summed E-state index contributed by atoms with van der Waals surface area (Å²) in [6, 6.07) is 11.5. The lowest BCUT2D eigenvalue weighted by Crippen LogP contribution is -2.31. The first-order valence-electron chi connectivity index (χ1n) is 8.04. The summed E-state index contributed by atoms with van der Waals surface area (Å²) < 4.78 is 42.2. The van der Waals surface area contributed by atoms with Crippen molar-refractivity contribution in [3.63, 3.8) is 0 Å². The van der Waals surface area contributed by atoms with Crippen LogP contribution < -0.4 is 24.2 Å². The number of para-hydroxylation sites is 1. The van der Waals surface area contributed by atoms with Crippen LogP contribution in [0.25, 0.3) is 0 Å². The first-order valence-corrected chi connectivity index (χ1v) is 9.69. The largest absolute Gasteiger partial charge is 0.493 e. The molecule has 0 fully saturated rings. The Hall–Kier alpha value is -2.94. The fraction of sp³-hybridized carbons (Fsp3) is 0.278. The van der Waals surface area contributed by atoms with Crippen molar-refractivity contribution in [1.82, 2.24) is 5.32 Å². The van der Waals surface area contributed by atoms with E-state index in [-0.39, 0.29) is 17.9 Å². The minimum atomic E-state index is -3.58. The number of sulfonamides is 1. The Labute approximate surface area is 158 Å². The fourth-order valence-corrected chi connectivity index (χ4v) is 3.32. The third-order valence-corrected chi connectivity index (χ3v) is 4.92. The number of carbonyl (C=O) groups excluding carboxylic acids is 1. The summed E-state index contributed by atoms with van der Waals surface area (Å²) in [4.78, 5) is 12.3. The second-order valence-corrected chi connectivity index (χ2v) is 7.30. The van der Waals surface area contributed by atoms with Crippen LogP contribution in [0.5, 0.6) is 17.2 Å². The fourth-order valence-electron chi connectivity index (χ4n) is 2.35. The van der Waals surface area contributed by atoms with Gasteiger partial charge in [-0.1, -0.05) is 18.2 Å². The van der Waals surface area contributed by atoms with E-state index in [0.29, 0.717) is 22.9 Å². The van der Waals surface area contributed by atoms with E-state index in [0.717, 1.165) is 0 Å². The Morgan fingerprint density at radius 2 is 1.56 bits per heavy atom. The number of amides is 1. The number of benzene rings is 2. The third kappa shape index (κ3) is 5.52. The molecule has 9 heteroatoms. The number of carbonyl (C=O) groups is 1. The van der Waals surface area contributed by atoms with E-state index in [9.17, 15) is 13.2 Å². The molecule has 0 saturated carbocycles.